The van der Waals surface area contributed by atoms with Crippen LogP contribution in [0.1, 0.15) is 23.2 Å². The lowest BCUT2D eigenvalue weighted by Crippen LogP contribution is -2.37. The van der Waals surface area contributed by atoms with Crippen LogP contribution in [0.2, 0.25) is 0 Å². The number of benzene rings is 1. The van der Waals surface area contributed by atoms with Crippen LogP contribution in [0.4, 0.5) is 8.78 Å². The minimum Gasteiger partial charge on any atom is -0.350 e. The van der Waals surface area contributed by atoms with Gasteiger partial charge in [0.1, 0.15) is 0 Å². The lowest BCUT2D eigenvalue weighted by molar-refractivity contribution is -0.138. The third kappa shape index (κ3) is 4.27. The van der Waals surface area contributed by atoms with Gasteiger partial charge < -0.3 is 5.32 Å². The van der Waals surface area contributed by atoms with E-state index in [0.717, 1.165) is 4.90 Å². The number of hydrogen-bond donors (Lipinski definition) is 1. The molecule has 2 rings (SSSR count). The van der Waals surface area contributed by atoms with Crippen LogP contribution in [0, 0.1) is 0 Å². The number of hydrogen-bond acceptors (Lipinski definition) is 4. The van der Waals surface area contributed by atoms with Crippen LogP contribution in [0.5, 0.6) is 0 Å². The maximum Gasteiger partial charge on any atom is 0.288 e. The van der Waals surface area contributed by atoms with Crippen molar-refractivity contribution >= 4 is 29.5 Å². The fourth-order valence-electron chi connectivity index (χ4n) is 2.04. The number of amides is 3. The van der Waals surface area contributed by atoms with Gasteiger partial charge in [-0.25, -0.2) is 0 Å². The maximum atomic E-state index is 12.2. The summed E-state index contributed by atoms with van der Waals surface area (Å²) in [5.41, 5.74) is 0.331. The van der Waals surface area contributed by atoms with Crippen LogP contribution < -0.4 is 5.32 Å². The molecular weight excluding hydrogens is 314 g/mol. The molecule has 0 bridgehead atoms. The van der Waals surface area contributed by atoms with Crippen molar-refractivity contribution in [1.29, 1.82) is 0 Å². The number of likely N-dealkylation sites (tertiary alicyclic amines) is 1. The Bertz CT molecular complexity index is 562. The first kappa shape index (κ1) is 16.4. The van der Waals surface area contributed by atoms with E-state index < -0.39 is 5.76 Å². The van der Waals surface area contributed by atoms with E-state index in [1.165, 1.54) is 24.3 Å². The molecule has 1 fully saturated rings. The highest BCUT2D eigenvalue weighted by atomic mass is 32.2. The van der Waals surface area contributed by atoms with Crippen molar-refractivity contribution in [2.45, 2.75) is 23.5 Å². The zero-order chi connectivity index (χ0) is 16.1. The Morgan fingerprint density at radius 1 is 1.18 bits per heavy atom. The zero-order valence-electron chi connectivity index (χ0n) is 11.6. The topological polar surface area (TPSA) is 66.5 Å². The van der Waals surface area contributed by atoms with Gasteiger partial charge in [-0.2, -0.15) is 8.78 Å². The van der Waals surface area contributed by atoms with Crippen LogP contribution in [0.25, 0.3) is 0 Å². The molecule has 1 N–H and O–H groups in total. The number of imide groups is 1. The molecule has 0 aliphatic carbocycles. The predicted octanol–water partition coefficient (Wildman–Crippen LogP) is 1.88. The summed E-state index contributed by atoms with van der Waals surface area (Å²) in [6.07, 6.45) is 0.437. The first-order valence-corrected chi connectivity index (χ1v) is 7.51. The van der Waals surface area contributed by atoms with Crippen molar-refractivity contribution in [1.82, 2.24) is 10.2 Å². The number of carbonyl (C=O) groups excluding carboxylic acids is 3. The molecule has 0 aromatic heterocycles. The predicted molar refractivity (Wildman–Crippen MR) is 76.6 cm³/mol. The first-order valence-electron chi connectivity index (χ1n) is 6.63. The van der Waals surface area contributed by atoms with E-state index in [-0.39, 0.29) is 43.7 Å². The third-order valence-corrected chi connectivity index (χ3v) is 3.84. The van der Waals surface area contributed by atoms with E-state index in [1.807, 2.05) is 0 Å². The highest BCUT2D eigenvalue weighted by molar-refractivity contribution is 7.99. The Kier molecular flexibility index (Phi) is 5.48. The van der Waals surface area contributed by atoms with E-state index in [9.17, 15) is 23.2 Å². The fourth-order valence-corrected chi connectivity index (χ4v) is 2.54. The molecule has 22 heavy (non-hydrogen) atoms. The summed E-state index contributed by atoms with van der Waals surface area (Å²) < 4.78 is 24.4. The maximum absolute atomic E-state index is 12.2. The molecule has 0 unspecified atom stereocenters. The van der Waals surface area contributed by atoms with Crippen LogP contribution >= 0.6 is 11.8 Å². The minimum absolute atomic E-state index is 0.142. The standard InChI is InChI=1S/C14H14F2N2O3S/c15-14(16)22-10-3-1-9(2-4-10)13(21)17-7-8-18-11(19)5-6-12(18)20/h1-4,14H,5-8H2,(H,17,21). The highest BCUT2D eigenvalue weighted by Crippen LogP contribution is 2.25. The van der Waals surface area contributed by atoms with Gasteiger partial charge in [0.2, 0.25) is 11.8 Å². The normalized spacial score (nSPS) is 14.8. The van der Waals surface area contributed by atoms with Gasteiger partial charge in [0.15, 0.2) is 0 Å². The molecular formula is C14H14F2N2O3S. The summed E-state index contributed by atoms with van der Waals surface area (Å²) in [6.45, 7) is 0.298. The molecule has 1 heterocycles. The third-order valence-electron chi connectivity index (χ3n) is 3.12. The number of alkyl halides is 2. The van der Waals surface area contributed by atoms with Gasteiger partial charge in [-0.15, -0.1) is 0 Å². The van der Waals surface area contributed by atoms with Gasteiger partial charge in [0.05, 0.1) is 0 Å². The van der Waals surface area contributed by atoms with E-state index in [4.69, 9.17) is 0 Å². The molecule has 0 radical (unpaired) electrons. The molecule has 1 aliphatic rings. The van der Waals surface area contributed by atoms with Crippen molar-refractivity contribution in [2.24, 2.45) is 0 Å². The summed E-state index contributed by atoms with van der Waals surface area (Å²) in [4.78, 5) is 36.1. The second kappa shape index (κ2) is 7.35. The van der Waals surface area contributed by atoms with E-state index >= 15 is 0 Å². The lowest BCUT2D eigenvalue weighted by Gasteiger charge is -2.14. The number of rotatable bonds is 6. The van der Waals surface area contributed by atoms with Crippen LogP contribution in [-0.4, -0.2) is 41.5 Å². The SMILES string of the molecule is O=C(NCCN1C(=O)CCC1=O)c1ccc(SC(F)F)cc1. The van der Waals surface area contributed by atoms with Gasteiger partial charge in [-0.1, -0.05) is 11.8 Å². The Labute approximate surface area is 130 Å². The summed E-state index contributed by atoms with van der Waals surface area (Å²) in [7, 11) is 0. The molecule has 1 aromatic carbocycles. The molecule has 0 spiro atoms. The zero-order valence-corrected chi connectivity index (χ0v) is 12.4. The number of thioether (sulfide) groups is 1. The van der Waals surface area contributed by atoms with Crippen molar-refractivity contribution in [3.63, 3.8) is 0 Å². The smallest absolute Gasteiger partial charge is 0.288 e. The summed E-state index contributed by atoms with van der Waals surface area (Å²) in [6, 6.07) is 5.79. The average molecular weight is 328 g/mol. The Hall–Kier alpha value is -1.96. The van der Waals surface area contributed by atoms with Gasteiger partial charge in [0, 0.05) is 36.4 Å². The molecule has 0 atom stereocenters. The van der Waals surface area contributed by atoms with Crippen LogP contribution in [0.15, 0.2) is 29.2 Å². The second-order valence-corrected chi connectivity index (χ2v) is 5.66. The Balaban J connectivity index is 1.82. The van der Waals surface area contributed by atoms with Gasteiger partial charge >= 0.3 is 0 Å². The Morgan fingerprint density at radius 2 is 1.77 bits per heavy atom. The largest absolute Gasteiger partial charge is 0.350 e. The molecule has 1 saturated heterocycles. The van der Waals surface area contributed by atoms with Crippen molar-refractivity contribution < 1.29 is 23.2 Å². The van der Waals surface area contributed by atoms with Crippen molar-refractivity contribution in [3.8, 4) is 0 Å². The minimum atomic E-state index is -2.50. The average Bonchev–Trinajstić information content (AvgIpc) is 2.79. The second-order valence-electron chi connectivity index (χ2n) is 4.60. The molecule has 118 valence electrons. The molecule has 1 aromatic rings. The summed E-state index contributed by atoms with van der Waals surface area (Å²) in [5.74, 6) is -3.34. The molecule has 0 saturated carbocycles. The van der Waals surface area contributed by atoms with Crippen molar-refractivity contribution in [2.75, 3.05) is 13.1 Å². The molecule has 8 heteroatoms. The van der Waals surface area contributed by atoms with E-state index in [0.29, 0.717) is 22.2 Å². The summed E-state index contributed by atoms with van der Waals surface area (Å²) in [5, 5.41) is 2.59. The lowest BCUT2D eigenvalue weighted by atomic mass is 10.2. The quantitative estimate of drug-likeness (QED) is 0.640. The van der Waals surface area contributed by atoms with Gasteiger partial charge in [0.25, 0.3) is 11.7 Å². The van der Waals surface area contributed by atoms with E-state index in [2.05, 4.69) is 5.32 Å². The molecule has 3 amide bonds. The monoisotopic (exact) mass is 328 g/mol. The summed E-state index contributed by atoms with van der Waals surface area (Å²) >= 11 is 0.407. The van der Waals surface area contributed by atoms with Gasteiger partial charge in [-0.3, -0.25) is 19.3 Å². The van der Waals surface area contributed by atoms with Crippen LogP contribution in [-0.2, 0) is 9.59 Å². The van der Waals surface area contributed by atoms with Crippen molar-refractivity contribution in [3.05, 3.63) is 29.8 Å². The fraction of sp³-hybridized carbons (Fsp3) is 0.357. The van der Waals surface area contributed by atoms with E-state index in [1.54, 1.807) is 0 Å². The molecule has 1 aliphatic heterocycles. The number of halogens is 2. The number of nitrogens with zero attached hydrogens (tertiary/aromatic N) is 1. The number of carbonyl (C=O) groups is 3. The highest BCUT2D eigenvalue weighted by Gasteiger charge is 2.28. The number of nitrogens with one attached hydrogen (secondary N) is 1. The first-order chi connectivity index (χ1) is 10.5. The Morgan fingerprint density at radius 3 is 2.32 bits per heavy atom. The van der Waals surface area contributed by atoms with Crippen LogP contribution in [0.3, 0.4) is 0 Å². The van der Waals surface area contributed by atoms with Gasteiger partial charge in [-0.05, 0) is 24.3 Å². The molecule has 5 nitrogen and oxygen atoms in total.